The highest BCUT2D eigenvalue weighted by atomic mass is 16.5. The average molecular weight is 527 g/mol. The molecule has 0 amide bonds. The summed E-state index contributed by atoms with van der Waals surface area (Å²) in [5.41, 5.74) is -2.08. The highest BCUT2D eigenvalue weighted by Crippen LogP contribution is 2.43. The van der Waals surface area contributed by atoms with Gasteiger partial charge in [0.2, 0.25) is 0 Å². The first-order valence-corrected chi connectivity index (χ1v) is 13.4. The fraction of sp³-hybridized carbons (Fsp3) is 0.893. The molecule has 1 atom stereocenters. The van der Waals surface area contributed by atoms with Gasteiger partial charge in [0, 0.05) is 12.5 Å². The summed E-state index contributed by atoms with van der Waals surface area (Å²) in [6.07, 6.45) is 4.75. The molecule has 1 unspecified atom stereocenters. The van der Waals surface area contributed by atoms with E-state index in [1.807, 2.05) is 40.8 Å². The number of carbonyl (C=O) groups is 1. The first-order valence-electron chi connectivity index (χ1n) is 13.4. The van der Waals surface area contributed by atoms with Crippen molar-refractivity contribution in [1.82, 2.24) is 20.1 Å². The lowest BCUT2D eigenvalue weighted by Crippen LogP contribution is -2.52. The third-order valence-electron chi connectivity index (χ3n) is 7.64. The summed E-state index contributed by atoms with van der Waals surface area (Å²) in [6, 6.07) is 0. The molecule has 37 heavy (non-hydrogen) atoms. The van der Waals surface area contributed by atoms with Gasteiger partial charge in [-0.25, -0.2) is 4.68 Å². The molecule has 1 aromatic heterocycles. The molecule has 1 rings (SSSR count). The van der Waals surface area contributed by atoms with Crippen LogP contribution in [0.25, 0.3) is 0 Å². The fourth-order valence-corrected chi connectivity index (χ4v) is 5.70. The minimum atomic E-state index is -0.986. The third-order valence-corrected chi connectivity index (χ3v) is 7.64. The lowest BCUT2D eigenvalue weighted by Gasteiger charge is -2.45. The summed E-state index contributed by atoms with van der Waals surface area (Å²) in [6.45, 7) is 25.2. The summed E-state index contributed by atoms with van der Waals surface area (Å²) in [4.78, 5) is 12.0. The molecule has 0 fully saturated rings. The normalized spacial score (nSPS) is 15.8. The second-order valence-electron chi connectivity index (χ2n) is 14.1. The van der Waals surface area contributed by atoms with Crippen LogP contribution in [-0.2, 0) is 26.4 Å². The van der Waals surface area contributed by atoms with E-state index in [9.17, 15) is 15.1 Å². The Morgan fingerprint density at radius 3 is 2.05 bits per heavy atom. The van der Waals surface area contributed by atoms with E-state index in [-0.39, 0.29) is 23.1 Å². The van der Waals surface area contributed by atoms with Crippen LogP contribution in [0.2, 0.25) is 0 Å². The fourth-order valence-electron chi connectivity index (χ4n) is 5.70. The monoisotopic (exact) mass is 526 g/mol. The van der Waals surface area contributed by atoms with E-state index in [4.69, 9.17) is 9.47 Å². The number of hydrogen-bond donors (Lipinski definition) is 2. The molecule has 0 bridgehead atoms. The molecule has 2 N–H and O–H groups in total. The standard InChI is InChI=1S/C28H54N4O5/c1-14-28(12,22(33)34)27(10,11)37-25(6,7)15-16-36-26(8,9)19-23(2,3)18-24(4,5)21-17-32(30-29-21)20-31(13)35/h17,35H,14-16,18-20H2,1-13H3,(H,33,34). The minimum absolute atomic E-state index is 0.0387. The van der Waals surface area contributed by atoms with Gasteiger partial charge in [0.1, 0.15) is 6.67 Å². The molecule has 0 aliphatic carbocycles. The van der Waals surface area contributed by atoms with Crippen LogP contribution in [0.5, 0.6) is 0 Å². The Morgan fingerprint density at radius 1 is 1.00 bits per heavy atom. The van der Waals surface area contributed by atoms with Crippen molar-refractivity contribution in [2.45, 2.75) is 138 Å². The molecule has 0 spiro atoms. The van der Waals surface area contributed by atoms with Gasteiger partial charge in [-0.3, -0.25) is 4.79 Å². The largest absolute Gasteiger partial charge is 0.481 e. The number of ether oxygens (including phenoxy) is 2. The third kappa shape index (κ3) is 9.61. The molecule has 0 saturated heterocycles. The van der Waals surface area contributed by atoms with Crippen molar-refractivity contribution in [2.75, 3.05) is 13.7 Å². The summed E-state index contributed by atoms with van der Waals surface area (Å²) in [5.74, 6) is -0.846. The van der Waals surface area contributed by atoms with Crippen LogP contribution in [0.3, 0.4) is 0 Å². The van der Waals surface area contributed by atoms with Crippen LogP contribution < -0.4 is 0 Å². The topological polar surface area (TPSA) is 110 Å². The van der Waals surface area contributed by atoms with Crippen LogP contribution in [0.4, 0.5) is 0 Å². The maximum absolute atomic E-state index is 12.0. The SMILES string of the molecule is CCC(C)(C(=O)O)C(C)(C)OC(C)(C)CCOC(C)(C)CC(C)(C)CC(C)(C)c1cn(CN(C)O)nn1. The van der Waals surface area contributed by atoms with Crippen molar-refractivity contribution >= 4 is 5.97 Å². The van der Waals surface area contributed by atoms with Gasteiger partial charge in [-0.15, -0.1) is 5.10 Å². The maximum Gasteiger partial charge on any atom is 0.312 e. The lowest BCUT2D eigenvalue weighted by atomic mass is 9.69. The van der Waals surface area contributed by atoms with Gasteiger partial charge in [-0.1, -0.05) is 39.8 Å². The van der Waals surface area contributed by atoms with Gasteiger partial charge in [0.25, 0.3) is 0 Å². The Hall–Kier alpha value is -1.55. The summed E-state index contributed by atoms with van der Waals surface area (Å²) in [7, 11) is 1.57. The molecule has 9 nitrogen and oxygen atoms in total. The van der Waals surface area contributed by atoms with Crippen LogP contribution in [0.1, 0.15) is 114 Å². The maximum atomic E-state index is 12.0. The molecule has 9 heteroatoms. The van der Waals surface area contributed by atoms with E-state index >= 15 is 0 Å². The number of rotatable bonds is 16. The van der Waals surface area contributed by atoms with E-state index in [1.54, 1.807) is 18.7 Å². The molecule has 0 aromatic carbocycles. The van der Waals surface area contributed by atoms with Crippen molar-refractivity contribution in [3.8, 4) is 0 Å². The Kier molecular flexibility index (Phi) is 10.6. The van der Waals surface area contributed by atoms with Gasteiger partial charge in [0.15, 0.2) is 0 Å². The van der Waals surface area contributed by atoms with Crippen LogP contribution in [0, 0.1) is 10.8 Å². The molecule has 0 radical (unpaired) electrons. The van der Waals surface area contributed by atoms with Crippen molar-refractivity contribution < 1.29 is 24.6 Å². The van der Waals surface area contributed by atoms with Crippen LogP contribution in [-0.4, -0.2) is 66.8 Å². The van der Waals surface area contributed by atoms with Crippen molar-refractivity contribution in [1.29, 1.82) is 0 Å². The van der Waals surface area contributed by atoms with E-state index in [1.165, 1.54) is 0 Å². The molecule has 1 aromatic rings. The van der Waals surface area contributed by atoms with Gasteiger partial charge >= 0.3 is 5.97 Å². The van der Waals surface area contributed by atoms with Gasteiger partial charge in [0.05, 0.1) is 40.7 Å². The molecule has 0 aliphatic heterocycles. The molecular formula is C28H54N4O5. The number of hydrogen-bond acceptors (Lipinski definition) is 7. The summed E-state index contributed by atoms with van der Waals surface area (Å²) in [5, 5.41) is 28.9. The zero-order chi connectivity index (χ0) is 29.1. The van der Waals surface area contributed by atoms with Crippen molar-refractivity contribution in [3.63, 3.8) is 0 Å². The zero-order valence-electron chi connectivity index (χ0n) is 25.7. The van der Waals surface area contributed by atoms with E-state index in [2.05, 4.69) is 51.9 Å². The lowest BCUT2D eigenvalue weighted by molar-refractivity contribution is -0.203. The Morgan fingerprint density at radius 2 is 1.57 bits per heavy atom. The first-order chi connectivity index (χ1) is 16.5. The molecule has 0 saturated carbocycles. The smallest absolute Gasteiger partial charge is 0.312 e. The van der Waals surface area contributed by atoms with Crippen molar-refractivity contribution in [3.05, 3.63) is 11.9 Å². The van der Waals surface area contributed by atoms with E-state index in [0.717, 1.165) is 23.6 Å². The first kappa shape index (κ1) is 33.5. The Labute approximate surface area is 224 Å². The highest BCUT2D eigenvalue weighted by molar-refractivity contribution is 5.75. The van der Waals surface area contributed by atoms with Gasteiger partial charge in [-0.05, 0) is 79.6 Å². The molecule has 1 heterocycles. The zero-order valence-corrected chi connectivity index (χ0v) is 25.7. The number of hydroxylamine groups is 2. The van der Waals surface area contributed by atoms with Crippen LogP contribution >= 0.6 is 0 Å². The highest BCUT2D eigenvalue weighted by Gasteiger charge is 2.49. The Balaban J connectivity index is 2.77. The number of carboxylic acids is 1. The van der Waals surface area contributed by atoms with E-state index < -0.39 is 22.6 Å². The second kappa shape index (κ2) is 11.7. The number of carboxylic acid groups (broad SMARTS) is 1. The predicted octanol–water partition coefficient (Wildman–Crippen LogP) is 5.90. The molecule has 0 aliphatic rings. The quantitative estimate of drug-likeness (QED) is 0.256. The Bertz CT molecular complexity index is 889. The van der Waals surface area contributed by atoms with Gasteiger partial charge < -0.3 is 19.8 Å². The number of nitrogens with zero attached hydrogens (tertiary/aromatic N) is 4. The number of aromatic nitrogens is 3. The number of aliphatic carboxylic acids is 1. The predicted molar refractivity (Wildman–Crippen MR) is 146 cm³/mol. The average Bonchev–Trinajstić information content (AvgIpc) is 3.12. The van der Waals surface area contributed by atoms with Crippen molar-refractivity contribution in [2.24, 2.45) is 10.8 Å². The second-order valence-corrected chi connectivity index (χ2v) is 14.1. The summed E-state index contributed by atoms with van der Waals surface area (Å²) < 4.78 is 14.4. The molecule has 216 valence electrons. The molecular weight excluding hydrogens is 472 g/mol. The van der Waals surface area contributed by atoms with Gasteiger partial charge in [-0.2, -0.15) is 5.06 Å². The summed E-state index contributed by atoms with van der Waals surface area (Å²) >= 11 is 0. The minimum Gasteiger partial charge on any atom is -0.481 e. The van der Waals surface area contributed by atoms with Crippen LogP contribution in [0.15, 0.2) is 6.20 Å². The van der Waals surface area contributed by atoms with E-state index in [0.29, 0.717) is 19.4 Å².